The van der Waals surface area contributed by atoms with Crippen LogP contribution in [0.1, 0.15) is 25.5 Å². The van der Waals surface area contributed by atoms with Gasteiger partial charge in [0.2, 0.25) is 0 Å². The fraction of sp³-hybridized carbons (Fsp3) is 0.364. The van der Waals surface area contributed by atoms with Gasteiger partial charge < -0.3 is 4.42 Å². The third-order valence-corrected chi connectivity index (χ3v) is 1.69. The lowest BCUT2D eigenvalue weighted by molar-refractivity contribution is -0.118. The molecule has 0 amide bonds. The van der Waals surface area contributed by atoms with E-state index in [9.17, 15) is 4.79 Å². The number of furan rings is 1. The van der Waals surface area contributed by atoms with Crippen LogP contribution in [-0.2, 0) is 11.2 Å². The Morgan fingerprint density at radius 3 is 3.08 bits per heavy atom. The molecule has 0 saturated carbocycles. The van der Waals surface area contributed by atoms with Gasteiger partial charge in [-0.2, -0.15) is 0 Å². The highest BCUT2D eigenvalue weighted by atomic mass is 16.3. The number of rotatable bonds is 4. The molecule has 0 unspecified atom stereocenters. The summed E-state index contributed by atoms with van der Waals surface area (Å²) >= 11 is 0. The first kappa shape index (κ1) is 9.60. The zero-order valence-corrected chi connectivity index (χ0v) is 7.67. The summed E-state index contributed by atoms with van der Waals surface area (Å²) < 4.78 is 5.10. The Kier molecular flexibility index (Phi) is 3.84. The van der Waals surface area contributed by atoms with E-state index >= 15 is 0 Å². The quantitative estimate of drug-likeness (QED) is 0.658. The number of aryl methyl sites for hydroxylation is 1. The number of carbonyl (C=O) groups excluding carboxylic acids is 1. The third-order valence-electron chi connectivity index (χ3n) is 1.69. The summed E-state index contributed by atoms with van der Waals surface area (Å²) in [6.07, 6.45) is 3.17. The molecule has 1 rings (SSSR count). The molecule has 0 bridgehead atoms. The van der Waals surface area contributed by atoms with Crippen molar-refractivity contribution < 1.29 is 9.21 Å². The topological polar surface area (TPSA) is 30.2 Å². The zero-order valence-electron chi connectivity index (χ0n) is 7.67. The van der Waals surface area contributed by atoms with Gasteiger partial charge in [-0.3, -0.25) is 4.79 Å². The van der Waals surface area contributed by atoms with Crippen molar-refractivity contribution in [1.29, 1.82) is 0 Å². The molecule has 2 heteroatoms. The fourth-order valence-corrected chi connectivity index (χ4v) is 0.993. The average Bonchev–Trinajstić information content (AvgIpc) is 2.64. The van der Waals surface area contributed by atoms with E-state index in [0.717, 1.165) is 5.76 Å². The van der Waals surface area contributed by atoms with Gasteiger partial charge in [-0.25, -0.2) is 0 Å². The van der Waals surface area contributed by atoms with E-state index in [-0.39, 0.29) is 5.78 Å². The monoisotopic (exact) mass is 176 g/mol. The number of hydrogen-bond donors (Lipinski definition) is 0. The zero-order chi connectivity index (χ0) is 9.52. The van der Waals surface area contributed by atoms with Crippen molar-refractivity contribution in [2.75, 3.05) is 0 Å². The molecule has 0 aromatic carbocycles. The summed E-state index contributed by atoms with van der Waals surface area (Å²) in [6, 6.07) is 3.70. The summed E-state index contributed by atoms with van der Waals surface area (Å²) in [7, 11) is 0. The first-order valence-corrected chi connectivity index (χ1v) is 4.26. The van der Waals surface area contributed by atoms with Crippen LogP contribution in [0.15, 0.2) is 22.8 Å². The van der Waals surface area contributed by atoms with Crippen molar-refractivity contribution in [3.05, 3.63) is 24.2 Å². The standard InChI is InChI=1S/C11H12O2/c1-2-3-5-10(12)7-8-11-6-4-9-13-11/h4,6,9H,5,7-8H2,1H3. The van der Waals surface area contributed by atoms with Crippen molar-refractivity contribution in [3.8, 4) is 11.8 Å². The molecule has 0 atom stereocenters. The van der Waals surface area contributed by atoms with Gasteiger partial charge in [-0.15, -0.1) is 5.92 Å². The molecular formula is C11H12O2. The minimum atomic E-state index is 0.172. The molecule has 0 spiro atoms. The minimum Gasteiger partial charge on any atom is -0.469 e. The van der Waals surface area contributed by atoms with E-state index in [1.54, 1.807) is 13.2 Å². The molecule has 2 nitrogen and oxygen atoms in total. The Labute approximate surface area is 77.9 Å². The predicted molar refractivity (Wildman–Crippen MR) is 50.1 cm³/mol. The summed E-state index contributed by atoms with van der Waals surface area (Å²) in [5.41, 5.74) is 0. The highest BCUT2D eigenvalue weighted by Gasteiger charge is 2.01. The SMILES string of the molecule is CC#CCC(=O)CCc1ccco1. The van der Waals surface area contributed by atoms with Crippen LogP contribution >= 0.6 is 0 Å². The first-order chi connectivity index (χ1) is 6.33. The number of Topliss-reactive ketones (excluding diaryl/α,β-unsaturated/α-hetero) is 1. The first-order valence-electron chi connectivity index (χ1n) is 4.26. The Morgan fingerprint density at radius 2 is 2.46 bits per heavy atom. The van der Waals surface area contributed by atoms with E-state index in [0.29, 0.717) is 19.3 Å². The Bertz CT molecular complexity index is 312. The maximum Gasteiger partial charge on any atom is 0.145 e. The van der Waals surface area contributed by atoms with Crippen LogP contribution in [0.5, 0.6) is 0 Å². The van der Waals surface area contributed by atoms with Gasteiger partial charge in [0.05, 0.1) is 12.7 Å². The molecule has 0 radical (unpaired) electrons. The summed E-state index contributed by atoms with van der Waals surface area (Å²) in [5.74, 6) is 6.48. The van der Waals surface area contributed by atoms with Crippen LogP contribution in [-0.4, -0.2) is 5.78 Å². The second-order valence-corrected chi connectivity index (χ2v) is 2.72. The molecule has 68 valence electrons. The lowest BCUT2D eigenvalue weighted by Crippen LogP contribution is -1.97. The number of ketones is 1. The van der Waals surface area contributed by atoms with Crippen LogP contribution in [0.2, 0.25) is 0 Å². The van der Waals surface area contributed by atoms with E-state index < -0.39 is 0 Å². The highest BCUT2D eigenvalue weighted by Crippen LogP contribution is 2.04. The van der Waals surface area contributed by atoms with Gasteiger partial charge in [-0.05, 0) is 19.1 Å². The molecule has 1 heterocycles. The minimum absolute atomic E-state index is 0.172. The fourth-order valence-electron chi connectivity index (χ4n) is 0.993. The summed E-state index contributed by atoms with van der Waals surface area (Å²) in [6.45, 7) is 1.74. The molecule has 0 aliphatic rings. The van der Waals surface area contributed by atoms with E-state index in [1.165, 1.54) is 0 Å². The van der Waals surface area contributed by atoms with Gasteiger partial charge in [-0.1, -0.05) is 5.92 Å². The molecule has 0 N–H and O–H groups in total. The molecule has 0 aliphatic heterocycles. The van der Waals surface area contributed by atoms with Gasteiger partial charge in [0.15, 0.2) is 0 Å². The van der Waals surface area contributed by atoms with E-state index in [4.69, 9.17) is 4.42 Å². The van der Waals surface area contributed by atoms with Gasteiger partial charge >= 0.3 is 0 Å². The van der Waals surface area contributed by atoms with Crippen LogP contribution in [0, 0.1) is 11.8 Å². The third kappa shape index (κ3) is 3.62. The predicted octanol–water partition coefficient (Wildman–Crippen LogP) is 2.19. The van der Waals surface area contributed by atoms with Crippen LogP contribution in [0.3, 0.4) is 0 Å². The van der Waals surface area contributed by atoms with Crippen LogP contribution in [0.4, 0.5) is 0 Å². The van der Waals surface area contributed by atoms with Crippen molar-refractivity contribution in [2.24, 2.45) is 0 Å². The molecule has 0 saturated heterocycles. The van der Waals surface area contributed by atoms with E-state index in [2.05, 4.69) is 11.8 Å². The largest absolute Gasteiger partial charge is 0.469 e. The van der Waals surface area contributed by atoms with Crippen molar-refractivity contribution in [1.82, 2.24) is 0 Å². The average molecular weight is 176 g/mol. The van der Waals surface area contributed by atoms with Crippen LogP contribution in [0.25, 0.3) is 0 Å². The molecular weight excluding hydrogens is 164 g/mol. The molecule has 0 fully saturated rings. The van der Waals surface area contributed by atoms with E-state index in [1.807, 2.05) is 12.1 Å². The lowest BCUT2D eigenvalue weighted by Gasteiger charge is -1.93. The van der Waals surface area contributed by atoms with Gasteiger partial charge in [0.25, 0.3) is 0 Å². The Balaban J connectivity index is 2.25. The maximum absolute atomic E-state index is 11.2. The maximum atomic E-state index is 11.2. The number of carbonyl (C=O) groups is 1. The Morgan fingerprint density at radius 1 is 1.62 bits per heavy atom. The molecule has 1 aromatic heterocycles. The van der Waals surface area contributed by atoms with Gasteiger partial charge in [0, 0.05) is 12.8 Å². The molecule has 0 aliphatic carbocycles. The highest BCUT2D eigenvalue weighted by molar-refractivity contribution is 5.80. The summed E-state index contributed by atoms with van der Waals surface area (Å²) in [5, 5.41) is 0. The second-order valence-electron chi connectivity index (χ2n) is 2.72. The smallest absolute Gasteiger partial charge is 0.145 e. The molecule has 13 heavy (non-hydrogen) atoms. The normalized spacial score (nSPS) is 9.00. The lowest BCUT2D eigenvalue weighted by atomic mass is 10.1. The van der Waals surface area contributed by atoms with Crippen molar-refractivity contribution in [3.63, 3.8) is 0 Å². The second kappa shape index (κ2) is 5.21. The number of hydrogen-bond acceptors (Lipinski definition) is 2. The van der Waals surface area contributed by atoms with Crippen LogP contribution < -0.4 is 0 Å². The Hall–Kier alpha value is -1.49. The van der Waals surface area contributed by atoms with Crippen molar-refractivity contribution in [2.45, 2.75) is 26.2 Å². The van der Waals surface area contributed by atoms with Gasteiger partial charge in [0.1, 0.15) is 11.5 Å². The molecule has 1 aromatic rings. The van der Waals surface area contributed by atoms with Crippen molar-refractivity contribution >= 4 is 5.78 Å². The summed E-state index contributed by atoms with van der Waals surface area (Å²) in [4.78, 5) is 11.2.